The monoisotopic (exact) mass is 399 g/mol. The third-order valence-electron chi connectivity index (χ3n) is 4.71. The van der Waals surface area contributed by atoms with Crippen LogP contribution in [0.15, 0.2) is 70.2 Å². The standard InChI is InChI=1S/C21H17N7O2/c1-14-6-5-7-15(10-14)11-28-20-18(24-26-28)21(29)27(13-22-20)12-17-23-19(25-30-17)16-8-3-2-4-9-16/h2-10,13H,11-12H2,1H3. The molecular weight excluding hydrogens is 382 g/mol. The second-order valence-electron chi connectivity index (χ2n) is 6.96. The molecule has 5 aromatic rings. The quantitative estimate of drug-likeness (QED) is 0.447. The van der Waals surface area contributed by atoms with Gasteiger partial charge in [0.05, 0.1) is 6.54 Å². The van der Waals surface area contributed by atoms with Gasteiger partial charge in [-0.25, -0.2) is 9.67 Å². The van der Waals surface area contributed by atoms with Crippen molar-refractivity contribution in [1.29, 1.82) is 0 Å². The van der Waals surface area contributed by atoms with Crippen LogP contribution in [0.3, 0.4) is 0 Å². The van der Waals surface area contributed by atoms with Crippen molar-refractivity contribution in [3.63, 3.8) is 0 Å². The lowest BCUT2D eigenvalue weighted by atomic mass is 10.1. The van der Waals surface area contributed by atoms with Gasteiger partial charge in [-0.15, -0.1) is 5.10 Å². The van der Waals surface area contributed by atoms with Gasteiger partial charge in [0.15, 0.2) is 11.2 Å². The van der Waals surface area contributed by atoms with Crippen LogP contribution in [0.1, 0.15) is 17.0 Å². The highest BCUT2D eigenvalue weighted by atomic mass is 16.5. The maximum absolute atomic E-state index is 12.8. The van der Waals surface area contributed by atoms with E-state index in [1.807, 2.05) is 55.5 Å². The van der Waals surface area contributed by atoms with Crippen molar-refractivity contribution in [2.75, 3.05) is 0 Å². The van der Waals surface area contributed by atoms with E-state index in [1.165, 1.54) is 10.9 Å². The maximum Gasteiger partial charge on any atom is 0.283 e. The Bertz CT molecular complexity index is 1390. The number of aromatic nitrogens is 7. The van der Waals surface area contributed by atoms with Gasteiger partial charge in [0, 0.05) is 5.56 Å². The molecule has 0 N–H and O–H groups in total. The van der Waals surface area contributed by atoms with Gasteiger partial charge in [-0.1, -0.05) is 70.5 Å². The zero-order valence-electron chi connectivity index (χ0n) is 16.1. The summed E-state index contributed by atoms with van der Waals surface area (Å²) in [5, 5.41) is 12.1. The fourth-order valence-electron chi connectivity index (χ4n) is 3.26. The lowest BCUT2D eigenvalue weighted by Gasteiger charge is -2.04. The predicted octanol–water partition coefficient (Wildman–Crippen LogP) is 2.44. The van der Waals surface area contributed by atoms with E-state index in [0.717, 1.165) is 16.7 Å². The Morgan fingerprint density at radius 3 is 2.73 bits per heavy atom. The second-order valence-corrected chi connectivity index (χ2v) is 6.96. The van der Waals surface area contributed by atoms with Crippen molar-refractivity contribution in [2.45, 2.75) is 20.0 Å². The van der Waals surface area contributed by atoms with Crippen molar-refractivity contribution in [1.82, 2.24) is 34.7 Å². The van der Waals surface area contributed by atoms with Gasteiger partial charge in [0.2, 0.25) is 11.7 Å². The third-order valence-corrected chi connectivity index (χ3v) is 4.71. The fourth-order valence-corrected chi connectivity index (χ4v) is 3.26. The molecule has 3 aromatic heterocycles. The summed E-state index contributed by atoms with van der Waals surface area (Å²) in [6.07, 6.45) is 1.45. The average molecular weight is 399 g/mol. The van der Waals surface area contributed by atoms with Gasteiger partial charge in [-0.05, 0) is 12.5 Å². The van der Waals surface area contributed by atoms with Crippen molar-refractivity contribution in [2.24, 2.45) is 0 Å². The summed E-state index contributed by atoms with van der Waals surface area (Å²) in [7, 11) is 0. The summed E-state index contributed by atoms with van der Waals surface area (Å²) < 4.78 is 8.30. The fraction of sp³-hybridized carbons (Fsp3) is 0.143. The Hall–Kier alpha value is -4.14. The molecule has 0 radical (unpaired) electrons. The molecular formula is C21H17N7O2. The molecule has 9 nitrogen and oxygen atoms in total. The highest BCUT2D eigenvalue weighted by Gasteiger charge is 2.15. The molecule has 3 heterocycles. The highest BCUT2D eigenvalue weighted by molar-refractivity contribution is 5.67. The number of benzene rings is 2. The van der Waals surface area contributed by atoms with Crippen LogP contribution in [-0.2, 0) is 13.1 Å². The molecule has 5 rings (SSSR count). The van der Waals surface area contributed by atoms with Crippen LogP contribution in [0.5, 0.6) is 0 Å². The van der Waals surface area contributed by atoms with Crippen LogP contribution in [0, 0.1) is 6.92 Å². The maximum atomic E-state index is 12.8. The van der Waals surface area contributed by atoms with Gasteiger partial charge in [0.1, 0.15) is 12.9 Å². The van der Waals surface area contributed by atoms with E-state index in [0.29, 0.717) is 23.9 Å². The Balaban J connectivity index is 1.42. The van der Waals surface area contributed by atoms with Crippen LogP contribution < -0.4 is 5.56 Å². The van der Waals surface area contributed by atoms with Crippen molar-refractivity contribution < 1.29 is 4.52 Å². The second kappa shape index (κ2) is 7.36. The summed E-state index contributed by atoms with van der Waals surface area (Å²) >= 11 is 0. The minimum absolute atomic E-state index is 0.104. The van der Waals surface area contributed by atoms with Gasteiger partial charge in [-0.3, -0.25) is 9.36 Å². The van der Waals surface area contributed by atoms with Crippen molar-refractivity contribution >= 4 is 11.2 Å². The third kappa shape index (κ3) is 3.37. The largest absolute Gasteiger partial charge is 0.337 e. The van der Waals surface area contributed by atoms with E-state index in [-0.39, 0.29) is 17.6 Å². The van der Waals surface area contributed by atoms with E-state index in [9.17, 15) is 4.79 Å². The number of nitrogens with zero attached hydrogens (tertiary/aromatic N) is 7. The molecule has 9 heteroatoms. The number of hydrogen-bond acceptors (Lipinski definition) is 7. The first-order valence-corrected chi connectivity index (χ1v) is 9.39. The van der Waals surface area contributed by atoms with E-state index in [1.54, 1.807) is 4.68 Å². The molecule has 0 aliphatic heterocycles. The molecule has 2 aromatic carbocycles. The van der Waals surface area contributed by atoms with Crippen LogP contribution in [-0.4, -0.2) is 34.7 Å². The highest BCUT2D eigenvalue weighted by Crippen LogP contribution is 2.15. The molecule has 0 fully saturated rings. The van der Waals surface area contributed by atoms with Crippen LogP contribution in [0.25, 0.3) is 22.6 Å². The predicted molar refractivity (Wildman–Crippen MR) is 109 cm³/mol. The molecule has 0 aliphatic rings. The molecule has 0 unspecified atom stereocenters. The summed E-state index contributed by atoms with van der Waals surface area (Å²) in [4.78, 5) is 21.6. The minimum Gasteiger partial charge on any atom is -0.337 e. The van der Waals surface area contributed by atoms with E-state index >= 15 is 0 Å². The number of hydrogen-bond donors (Lipinski definition) is 0. The normalized spacial score (nSPS) is 11.2. The van der Waals surface area contributed by atoms with Gasteiger partial charge in [0.25, 0.3) is 5.56 Å². The number of aryl methyl sites for hydroxylation is 1. The van der Waals surface area contributed by atoms with E-state index in [2.05, 4.69) is 31.5 Å². The molecule has 0 amide bonds. The Morgan fingerprint density at radius 1 is 1.03 bits per heavy atom. The summed E-state index contributed by atoms with van der Waals surface area (Å²) in [5.41, 5.74) is 3.39. The minimum atomic E-state index is -0.310. The molecule has 0 atom stereocenters. The van der Waals surface area contributed by atoms with Crippen molar-refractivity contribution in [3.8, 4) is 11.4 Å². The Kier molecular flexibility index (Phi) is 4.40. The number of fused-ring (bicyclic) bond motifs is 1. The summed E-state index contributed by atoms with van der Waals surface area (Å²) in [6.45, 7) is 2.62. The SMILES string of the molecule is Cc1cccc(Cn2nnc3c(=O)n(Cc4nc(-c5ccccc5)no4)cnc32)c1. The molecule has 0 saturated carbocycles. The molecule has 0 saturated heterocycles. The zero-order chi connectivity index (χ0) is 20.5. The first kappa shape index (κ1) is 17.9. The molecule has 0 aliphatic carbocycles. The lowest BCUT2D eigenvalue weighted by Crippen LogP contribution is -2.21. The first-order chi connectivity index (χ1) is 14.7. The molecule has 0 spiro atoms. The zero-order valence-corrected chi connectivity index (χ0v) is 16.1. The smallest absolute Gasteiger partial charge is 0.283 e. The van der Waals surface area contributed by atoms with Crippen LogP contribution in [0.4, 0.5) is 0 Å². The van der Waals surface area contributed by atoms with Crippen LogP contribution in [0.2, 0.25) is 0 Å². The first-order valence-electron chi connectivity index (χ1n) is 9.39. The van der Waals surface area contributed by atoms with E-state index < -0.39 is 0 Å². The van der Waals surface area contributed by atoms with Crippen LogP contribution >= 0.6 is 0 Å². The van der Waals surface area contributed by atoms with Gasteiger partial charge in [-0.2, -0.15) is 4.98 Å². The van der Waals surface area contributed by atoms with Crippen molar-refractivity contribution in [3.05, 3.63) is 88.3 Å². The Labute approximate surface area is 170 Å². The molecule has 148 valence electrons. The number of rotatable bonds is 5. The average Bonchev–Trinajstić information content (AvgIpc) is 3.39. The van der Waals surface area contributed by atoms with Gasteiger partial charge >= 0.3 is 0 Å². The molecule has 30 heavy (non-hydrogen) atoms. The van der Waals surface area contributed by atoms with E-state index in [4.69, 9.17) is 4.52 Å². The Morgan fingerprint density at radius 2 is 1.90 bits per heavy atom. The van der Waals surface area contributed by atoms with Gasteiger partial charge < -0.3 is 4.52 Å². The summed E-state index contributed by atoms with van der Waals surface area (Å²) in [5.74, 6) is 0.779. The lowest BCUT2D eigenvalue weighted by molar-refractivity contribution is 0.369. The summed E-state index contributed by atoms with van der Waals surface area (Å²) in [6, 6.07) is 17.6. The topological polar surface area (TPSA) is 105 Å². The molecule has 0 bridgehead atoms.